The minimum absolute atomic E-state index is 0.0305. The van der Waals surface area contributed by atoms with Crippen molar-refractivity contribution in [2.24, 2.45) is 5.73 Å². The van der Waals surface area contributed by atoms with Gasteiger partial charge in [0.1, 0.15) is 23.2 Å². The summed E-state index contributed by atoms with van der Waals surface area (Å²) in [4.78, 5) is 40.0. The summed E-state index contributed by atoms with van der Waals surface area (Å²) in [5, 5.41) is 20.9. The van der Waals surface area contributed by atoms with Crippen molar-refractivity contribution in [3.05, 3.63) is 0 Å². The molecule has 0 spiro atoms. The standard InChI is InChI=1S/C14H21N3O3S.C9H13N3OS/c1-5-14(16-12(19)20-13(2,3)4)6-10-17(11(14)18)9(7-15)8-21-10;1-2-9(11)3-7-12(8(9)13)6(4-10)5-14-7/h9-10H,5-6,8H2,1-4H3,(H,16,19);6-7H,2-3,5,11H2,1H3/t9-,10+,14-;6-,7+,9-/m11/s1. The van der Waals surface area contributed by atoms with Gasteiger partial charge in [0.15, 0.2) is 0 Å². The molecule has 3 amide bonds. The molecule has 35 heavy (non-hydrogen) atoms. The molecule has 192 valence electrons. The summed E-state index contributed by atoms with van der Waals surface area (Å²) < 4.78 is 5.26. The molecule has 0 aromatic rings. The van der Waals surface area contributed by atoms with Gasteiger partial charge in [0, 0.05) is 24.3 Å². The molecule has 0 bridgehead atoms. The van der Waals surface area contributed by atoms with Crippen molar-refractivity contribution in [3.63, 3.8) is 0 Å². The van der Waals surface area contributed by atoms with Crippen molar-refractivity contribution >= 4 is 41.4 Å². The number of nitrogens with one attached hydrogen (secondary N) is 1. The summed E-state index contributed by atoms with van der Waals surface area (Å²) in [5.74, 6) is 1.16. The number of nitrogens with two attached hydrogens (primary N) is 1. The maximum absolute atomic E-state index is 12.7. The Kier molecular flexibility index (Phi) is 7.90. The second-order valence-electron chi connectivity index (χ2n) is 10.3. The number of nitriles is 2. The summed E-state index contributed by atoms with van der Waals surface area (Å²) in [5.41, 5.74) is 3.72. The molecule has 0 unspecified atom stereocenters. The van der Waals surface area contributed by atoms with Crippen LogP contribution in [0.3, 0.4) is 0 Å². The molecule has 4 fully saturated rings. The first kappa shape index (κ1) is 27.4. The fourth-order valence-corrected chi connectivity index (χ4v) is 7.66. The van der Waals surface area contributed by atoms with Crippen LogP contribution in [0.1, 0.15) is 60.3 Å². The van der Waals surface area contributed by atoms with Crippen LogP contribution in [-0.2, 0) is 14.3 Å². The zero-order chi connectivity index (χ0) is 26.2. The van der Waals surface area contributed by atoms with E-state index in [4.69, 9.17) is 21.0 Å². The lowest BCUT2D eigenvalue weighted by molar-refractivity contribution is -0.134. The van der Waals surface area contributed by atoms with Gasteiger partial charge >= 0.3 is 6.09 Å². The van der Waals surface area contributed by atoms with E-state index in [-0.39, 0.29) is 28.6 Å². The quantitative estimate of drug-likeness (QED) is 0.567. The number of fused-ring (bicyclic) bond motifs is 2. The van der Waals surface area contributed by atoms with Gasteiger partial charge in [-0.1, -0.05) is 13.8 Å². The van der Waals surface area contributed by atoms with Crippen molar-refractivity contribution in [1.29, 1.82) is 10.5 Å². The fraction of sp³-hybridized carbons (Fsp3) is 0.783. The highest BCUT2D eigenvalue weighted by molar-refractivity contribution is 8.00. The van der Waals surface area contributed by atoms with E-state index in [0.29, 0.717) is 31.4 Å². The first-order chi connectivity index (χ1) is 16.3. The second-order valence-corrected chi connectivity index (χ2v) is 12.7. The summed E-state index contributed by atoms with van der Waals surface area (Å²) in [6.07, 6.45) is 1.75. The number of hydrogen-bond acceptors (Lipinski definition) is 9. The zero-order valence-electron chi connectivity index (χ0n) is 20.9. The molecule has 10 nitrogen and oxygen atoms in total. The van der Waals surface area contributed by atoms with E-state index in [1.165, 1.54) is 0 Å². The fourth-order valence-electron chi connectivity index (χ4n) is 4.76. The van der Waals surface area contributed by atoms with Gasteiger partial charge < -0.3 is 25.6 Å². The second kappa shape index (κ2) is 10.1. The molecule has 4 heterocycles. The highest BCUT2D eigenvalue weighted by Crippen LogP contribution is 2.44. The monoisotopic (exact) mass is 522 g/mol. The summed E-state index contributed by atoms with van der Waals surface area (Å²) in [6.45, 7) is 9.12. The molecular weight excluding hydrogens is 488 g/mol. The van der Waals surface area contributed by atoms with Gasteiger partial charge in [0.05, 0.1) is 28.4 Å². The van der Waals surface area contributed by atoms with Crippen LogP contribution in [-0.4, -0.2) is 78.7 Å². The third-order valence-electron chi connectivity index (χ3n) is 6.82. The van der Waals surface area contributed by atoms with E-state index in [9.17, 15) is 14.4 Å². The SMILES string of the molecule is CC[C@@]1(N)C[C@@H]2SC[C@@H](C#N)N2C1=O.CC[C@@]1(NC(=O)OC(C)(C)C)C[C@@H]2SC[C@@H](C#N)N2C1=O. The van der Waals surface area contributed by atoms with Crippen molar-refractivity contribution in [2.75, 3.05) is 11.5 Å². The lowest BCUT2D eigenvalue weighted by Crippen LogP contribution is -2.55. The molecule has 4 aliphatic rings. The summed E-state index contributed by atoms with van der Waals surface area (Å²) in [6, 6.07) is 3.65. The summed E-state index contributed by atoms with van der Waals surface area (Å²) in [7, 11) is 0. The van der Waals surface area contributed by atoms with Crippen LogP contribution in [0.4, 0.5) is 4.79 Å². The van der Waals surface area contributed by atoms with Crippen LogP contribution in [0.2, 0.25) is 0 Å². The Balaban J connectivity index is 0.000000211. The topological polar surface area (TPSA) is 153 Å². The first-order valence-corrected chi connectivity index (χ1v) is 13.9. The van der Waals surface area contributed by atoms with E-state index in [2.05, 4.69) is 17.5 Å². The van der Waals surface area contributed by atoms with Gasteiger partial charge in [-0.2, -0.15) is 10.5 Å². The first-order valence-electron chi connectivity index (χ1n) is 11.8. The molecular formula is C23H34N6O4S2. The van der Waals surface area contributed by atoms with Gasteiger partial charge in [0.25, 0.3) is 5.91 Å². The van der Waals surface area contributed by atoms with E-state index >= 15 is 0 Å². The number of amides is 3. The Bertz CT molecular complexity index is 959. The number of ether oxygens (including phenoxy) is 1. The number of carbonyl (C=O) groups is 3. The van der Waals surface area contributed by atoms with Crippen molar-refractivity contribution < 1.29 is 19.1 Å². The van der Waals surface area contributed by atoms with E-state index in [0.717, 1.165) is 5.75 Å². The normalized spacial score (nSPS) is 35.5. The van der Waals surface area contributed by atoms with Gasteiger partial charge in [0.2, 0.25) is 5.91 Å². The molecule has 0 radical (unpaired) electrons. The minimum atomic E-state index is -0.949. The van der Waals surface area contributed by atoms with E-state index in [1.807, 2.05) is 13.8 Å². The zero-order valence-corrected chi connectivity index (χ0v) is 22.5. The molecule has 0 saturated carbocycles. The third kappa shape index (κ3) is 5.20. The number of hydrogen-bond donors (Lipinski definition) is 2. The number of nitrogens with zero attached hydrogens (tertiary/aromatic N) is 4. The van der Waals surface area contributed by atoms with Gasteiger partial charge in [-0.3, -0.25) is 9.59 Å². The van der Waals surface area contributed by atoms with Crippen LogP contribution in [0.5, 0.6) is 0 Å². The summed E-state index contributed by atoms with van der Waals surface area (Å²) >= 11 is 3.27. The average molecular weight is 523 g/mol. The highest BCUT2D eigenvalue weighted by atomic mass is 32.2. The molecule has 4 aliphatic heterocycles. The number of alkyl carbamates (subject to hydrolysis) is 1. The smallest absolute Gasteiger partial charge is 0.408 e. The van der Waals surface area contributed by atoms with E-state index < -0.39 is 28.8 Å². The molecule has 4 rings (SSSR count). The average Bonchev–Trinajstić information content (AvgIpc) is 3.50. The lowest BCUT2D eigenvalue weighted by atomic mass is 9.94. The third-order valence-corrected chi connectivity index (χ3v) is 9.40. The molecule has 0 aromatic carbocycles. The van der Waals surface area contributed by atoms with Crippen molar-refractivity contribution in [1.82, 2.24) is 15.1 Å². The minimum Gasteiger partial charge on any atom is -0.444 e. The highest BCUT2D eigenvalue weighted by Gasteiger charge is 2.57. The number of rotatable bonds is 3. The van der Waals surface area contributed by atoms with Crippen LogP contribution in [0.25, 0.3) is 0 Å². The predicted molar refractivity (Wildman–Crippen MR) is 134 cm³/mol. The molecule has 6 atom stereocenters. The Labute approximate surface area is 215 Å². The lowest BCUT2D eigenvalue weighted by Gasteiger charge is -2.30. The van der Waals surface area contributed by atoms with Crippen LogP contribution >= 0.6 is 23.5 Å². The molecule has 0 aromatic heterocycles. The van der Waals surface area contributed by atoms with Gasteiger partial charge in [-0.05, 0) is 33.6 Å². The maximum atomic E-state index is 12.7. The van der Waals surface area contributed by atoms with Crippen molar-refractivity contribution in [2.45, 2.75) is 99.8 Å². The maximum Gasteiger partial charge on any atom is 0.408 e. The van der Waals surface area contributed by atoms with Gasteiger partial charge in [-0.25, -0.2) is 4.79 Å². The molecule has 4 saturated heterocycles. The van der Waals surface area contributed by atoms with Crippen LogP contribution in [0.15, 0.2) is 0 Å². The molecule has 0 aliphatic carbocycles. The molecule has 3 N–H and O–H groups in total. The molecule has 12 heteroatoms. The largest absolute Gasteiger partial charge is 0.444 e. The van der Waals surface area contributed by atoms with E-state index in [1.54, 1.807) is 54.1 Å². The van der Waals surface area contributed by atoms with Crippen molar-refractivity contribution in [3.8, 4) is 12.1 Å². The number of thioether (sulfide) groups is 2. The van der Waals surface area contributed by atoms with Crippen LogP contribution < -0.4 is 11.1 Å². The Morgan fingerprint density at radius 3 is 2.03 bits per heavy atom. The predicted octanol–water partition coefficient (Wildman–Crippen LogP) is 2.15. The van der Waals surface area contributed by atoms with Gasteiger partial charge in [-0.15, -0.1) is 23.5 Å². The Morgan fingerprint density at radius 2 is 1.57 bits per heavy atom. The number of carbonyl (C=O) groups excluding carboxylic acids is 3. The van der Waals surface area contributed by atoms with Crippen LogP contribution in [0, 0.1) is 22.7 Å². The Hall–Kier alpha value is -2.15. The Morgan fingerprint density at radius 1 is 1.06 bits per heavy atom.